The third-order valence-electron chi connectivity index (χ3n) is 4.25. The van der Waals surface area contributed by atoms with E-state index in [9.17, 15) is 4.79 Å². The lowest BCUT2D eigenvalue weighted by Crippen LogP contribution is -2.32. The fourth-order valence-corrected chi connectivity index (χ4v) is 2.94. The number of urea groups is 1. The average Bonchev–Trinajstić information content (AvgIpc) is 2.66. The van der Waals surface area contributed by atoms with Crippen LogP contribution in [0.1, 0.15) is 29.5 Å². The van der Waals surface area contributed by atoms with Gasteiger partial charge in [0.2, 0.25) is 0 Å². The number of benzene rings is 2. The number of nitrogens with zero attached hydrogens (tertiary/aromatic N) is 1. The lowest BCUT2D eigenvalue weighted by atomic mass is 9.92. The molecule has 0 unspecified atom stereocenters. The van der Waals surface area contributed by atoms with Crippen LogP contribution in [0, 0.1) is 11.3 Å². The molecule has 0 radical (unpaired) electrons. The van der Waals surface area contributed by atoms with Gasteiger partial charge in [-0.2, -0.15) is 5.26 Å². The van der Waals surface area contributed by atoms with E-state index in [1.165, 1.54) is 24.0 Å². The molecule has 0 saturated carbocycles. The summed E-state index contributed by atoms with van der Waals surface area (Å²) in [6, 6.07) is 14.7. The second-order valence-electron chi connectivity index (χ2n) is 6.06. The van der Waals surface area contributed by atoms with Crippen molar-refractivity contribution < 1.29 is 9.53 Å². The highest BCUT2D eigenvalue weighted by atomic mass is 16.5. The van der Waals surface area contributed by atoms with E-state index in [1.807, 2.05) is 12.1 Å². The van der Waals surface area contributed by atoms with Crippen LogP contribution in [0.4, 0.5) is 10.5 Å². The van der Waals surface area contributed by atoms with Crippen molar-refractivity contribution in [2.45, 2.75) is 25.7 Å². The van der Waals surface area contributed by atoms with Crippen molar-refractivity contribution in [3.8, 4) is 11.8 Å². The van der Waals surface area contributed by atoms with Crippen molar-refractivity contribution in [3.63, 3.8) is 0 Å². The molecule has 0 heterocycles. The van der Waals surface area contributed by atoms with Gasteiger partial charge in [-0.25, -0.2) is 4.79 Å². The van der Waals surface area contributed by atoms with E-state index < -0.39 is 0 Å². The Morgan fingerprint density at radius 1 is 1.08 bits per heavy atom. The van der Waals surface area contributed by atoms with Crippen molar-refractivity contribution in [1.82, 2.24) is 5.32 Å². The molecule has 2 aromatic carbocycles. The summed E-state index contributed by atoms with van der Waals surface area (Å²) in [5.41, 5.74) is 4.02. The van der Waals surface area contributed by atoms with Crippen molar-refractivity contribution >= 4 is 11.7 Å². The van der Waals surface area contributed by atoms with Gasteiger partial charge in [0.1, 0.15) is 12.4 Å². The Balaban J connectivity index is 1.40. The number of hydrogen-bond acceptors (Lipinski definition) is 3. The highest BCUT2D eigenvalue weighted by Gasteiger charge is 2.09. The minimum absolute atomic E-state index is 0.293. The van der Waals surface area contributed by atoms with Crippen LogP contribution in [-0.2, 0) is 12.8 Å². The molecule has 0 saturated heterocycles. The Morgan fingerprint density at radius 2 is 1.84 bits per heavy atom. The van der Waals surface area contributed by atoms with Crippen LogP contribution in [0.3, 0.4) is 0 Å². The van der Waals surface area contributed by atoms with Gasteiger partial charge in [-0.1, -0.05) is 6.07 Å². The average molecular weight is 335 g/mol. The summed E-state index contributed by atoms with van der Waals surface area (Å²) in [5, 5.41) is 14.2. The first-order chi connectivity index (χ1) is 12.2. The van der Waals surface area contributed by atoms with Gasteiger partial charge in [-0.15, -0.1) is 0 Å². The Kier molecular flexibility index (Phi) is 5.53. The summed E-state index contributed by atoms with van der Waals surface area (Å²) in [5.74, 6) is 0.856. The van der Waals surface area contributed by atoms with E-state index in [0.29, 0.717) is 24.4 Å². The summed E-state index contributed by atoms with van der Waals surface area (Å²) < 4.78 is 5.72. The van der Waals surface area contributed by atoms with Crippen molar-refractivity contribution in [2.75, 3.05) is 18.5 Å². The van der Waals surface area contributed by atoms with Gasteiger partial charge in [0.05, 0.1) is 18.2 Å². The number of nitriles is 1. The number of nitrogens with one attached hydrogen (secondary N) is 2. The summed E-state index contributed by atoms with van der Waals surface area (Å²) >= 11 is 0. The normalized spacial score (nSPS) is 12.6. The zero-order valence-corrected chi connectivity index (χ0v) is 14.0. The summed E-state index contributed by atoms with van der Waals surface area (Å²) in [4.78, 5) is 11.8. The molecule has 5 nitrogen and oxygen atoms in total. The molecular weight excluding hydrogens is 314 g/mol. The number of fused-ring (bicyclic) bond motifs is 1. The first kappa shape index (κ1) is 16.8. The van der Waals surface area contributed by atoms with Crippen LogP contribution in [0.25, 0.3) is 0 Å². The number of anilines is 1. The topological polar surface area (TPSA) is 74.2 Å². The van der Waals surface area contributed by atoms with Gasteiger partial charge >= 0.3 is 6.03 Å². The molecule has 1 aliphatic carbocycles. The molecule has 0 aliphatic heterocycles. The standard InChI is InChI=1S/C20H21N3O2/c21-14-15-5-8-18(9-6-15)23-20(24)22-11-12-25-19-10-7-16-3-1-2-4-17(16)13-19/h5-10,13H,1-4,11-12H2,(H2,22,23,24). The summed E-state index contributed by atoms with van der Waals surface area (Å²) in [6.07, 6.45) is 4.80. The van der Waals surface area contributed by atoms with Crippen LogP contribution < -0.4 is 15.4 Å². The van der Waals surface area contributed by atoms with Crippen LogP contribution >= 0.6 is 0 Å². The molecule has 2 amide bonds. The molecular formula is C20H21N3O2. The molecule has 0 atom stereocenters. The molecule has 0 spiro atoms. The van der Waals surface area contributed by atoms with Crippen molar-refractivity contribution in [3.05, 3.63) is 59.2 Å². The lowest BCUT2D eigenvalue weighted by Gasteiger charge is -2.17. The monoisotopic (exact) mass is 335 g/mol. The van der Waals surface area contributed by atoms with Gasteiger partial charge in [0.25, 0.3) is 0 Å². The Bertz CT molecular complexity index is 779. The van der Waals surface area contributed by atoms with Gasteiger partial charge in [0, 0.05) is 5.69 Å². The third kappa shape index (κ3) is 4.74. The fourth-order valence-electron chi connectivity index (χ4n) is 2.94. The molecule has 25 heavy (non-hydrogen) atoms. The molecule has 0 fully saturated rings. The lowest BCUT2D eigenvalue weighted by molar-refractivity contribution is 0.247. The van der Waals surface area contributed by atoms with E-state index in [1.54, 1.807) is 24.3 Å². The molecule has 1 aliphatic rings. The molecule has 128 valence electrons. The Hall–Kier alpha value is -3.00. The van der Waals surface area contributed by atoms with E-state index in [0.717, 1.165) is 18.6 Å². The fraction of sp³-hybridized carbons (Fsp3) is 0.300. The first-order valence-electron chi connectivity index (χ1n) is 8.54. The smallest absolute Gasteiger partial charge is 0.319 e. The SMILES string of the molecule is N#Cc1ccc(NC(=O)NCCOc2ccc3c(c2)CCCC3)cc1. The van der Waals surface area contributed by atoms with E-state index in [4.69, 9.17) is 10.00 Å². The molecule has 2 N–H and O–H groups in total. The zero-order valence-electron chi connectivity index (χ0n) is 14.0. The van der Waals surface area contributed by atoms with Crippen LogP contribution in [0.2, 0.25) is 0 Å². The number of carbonyl (C=O) groups is 1. The first-order valence-corrected chi connectivity index (χ1v) is 8.54. The number of aryl methyl sites for hydroxylation is 2. The van der Waals surface area contributed by atoms with Gasteiger partial charge in [-0.05, 0) is 73.2 Å². The van der Waals surface area contributed by atoms with Crippen molar-refractivity contribution in [2.24, 2.45) is 0 Å². The third-order valence-corrected chi connectivity index (χ3v) is 4.25. The number of carbonyl (C=O) groups excluding carboxylic acids is 1. The molecule has 2 aromatic rings. The maximum Gasteiger partial charge on any atom is 0.319 e. The van der Waals surface area contributed by atoms with Crippen LogP contribution in [-0.4, -0.2) is 19.2 Å². The maximum absolute atomic E-state index is 11.8. The van der Waals surface area contributed by atoms with Gasteiger partial charge < -0.3 is 15.4 Å². The minimum atomic E-state index is -0.293. The number of ether oxygens (including phenoxy) is 1. The highest BCUT2D eigenvalue weighted by Crippen LogP contribution is 2.25. The Labute approximate surface area is 147 Å². The number of amides is 2. The Morgan fingerprint density at radius 3 is 2.60 bits per heavy atom. The molecule has 0 bridgehead atoms. The summed E-state index contributed by atoms with van der Waals surface area (Å²) in [6.45, 7) is 0.832. The molecule has 3 rings (SSSR count). The predicted molar refractivity (Wildman–Crippen MR) is 96.8 cm³/mol. The molecule has 0 aromatic heterocycles. The van der Waals surface area contributed by atoms with Crippen LogP contribution in [0.5, 0.6) is 5.75 Å². The van der Waals surface area contributed by atoms with Crippen molar-refractivity contribution in [1.29, 1.82) is 5.26 Å². The predicted octanol–water partition coefficient (Wildman–Crippen LogP) is 3.64. The van der Waals surface area contributed by atoms with E-state index in [-0.39, 0.29) is 6.03 Å². The molecule has 5 heteroatoms. The van der Waals surface area contributed by atoms with Crippen LogP contribution in [0.15, 0.2) is 42.5 Å². The number of rotatable bonds is 5. The van der Waals surface area contributed by atoms with E-state index in [2.05, 4.69) is 22.8 Å². The minimum Gasteiger partial charge on any atom is -0.492 e. The second kappa shape index (κ2) is 8.20. The zero-order chi connectivity index (χ0) is 17.5. The summed E-state index contributed by atoms with van der Waals surface area (Å²) in [7, 11) is 0. The maximum atomic E-state index is 11.8. The number of hydrogen-bond donors (Lipinski definition) is 2. The quantitative estimate of drug-likeness (QED) is 0.819. The van der Waals surface area contributed by atoms with E-state index >= 15 is 0 Å². The highest BCUT2D eigenvalue weighted by molar-refractivity contribution is 5.89. The van der Waals surface area contributed by atoms with Gasteiger partial charge in [-0.3, -0.25) is 0 Å². The van der Waals surface area contributed by atoms with Gasteiger partial charge in [0.15, 0.2) is 0 Å². The largest absolute Gasteiger partial charge is 0.492 e. The second-order valence-corrected chi connectivity index (χ2v) is 6.06.